The zero-order valence-corrected chi connectivity index (χ0v) is 8.05. The van der Waals surface area contributed by atoms with Crippen LogP contribution < -0.4 is 0 Å². The molecule has 1 aliphatic carbocycles. The molecule has 1 nitrogen and oxygen atoms in total. The van der Waals surface area contributed by atoms with Crippen molar-refractivity contribution >= 4 is 5.78 Å². The molecule has 2 atom stereocenters. The van der Waals surface area contributed by atoms with Crippen molar-refractivity contribution in [3.8, 4) is 0 Å². The highest BCUT2D eigenvalue weighted by Gasteiger charge is 2.28. The maximum atomic E-state index is 11.2. The molecule has 1 aliphatic rings. The molecular formula is C11H18O. The first kappa shape index (κ1) is 9.50. The van der Waals surface area contributed by atoms with Crippen LogP contribution in [0.4, 0.5) is 0 Å². The Balaban J connectivity index is 2.62. The van der Waals surface area contributed by atoms with E-state index in [1.54, 1.807) is 0 Å². The Morgan fingerprint density at radius 2 is 2.25 bits per heavy atom. The summed E-state index contributed by atoms with van der Waals surface area (Å²) in [6, 6.07) is 0. The van der Waals surface area contributed by atoms with Crippen LogP contribution in [0.1, 0.15) is 33.1 Å². The fraction of sp³-hybridized carbons (Fsp3) is 0.727. The fourth-order valence-electron chi connectivity index (χ4n) is 2.14. The summed E-state index contributed by atoms with van der Waals surface area (Å²) in [7, 11) is 0. The number of Topliss-reactive ketones (excluding diaryl/α,β-unsaturated/α-hetero) is 1. The van der Waals surface area contributed by atoms with E-state index < -0.39 is 0 Å². The topological polar surface area (TPSA) is 17.1 Å². The number of hydrogen-bond acceptors (Lipinski definition) is 1. The fourth-order valence-corrected chi connectivity index (χ4v) is 2.14. The monoisotopic (exact) mass is 166 g/mol. The third kappa shape index (κ3) is 1.96. The van der Waals surface area contributed by atoms with Gasteiger partial charge in [-0.1, -0.05) is 19.9 Å². The van der Waals surface area contributed by atoms with E-state index in [4.69, 9.17) is 0 Å². The first-order valence-corrected chi connectivity index (χ1v) is 4.79. The molecule has 2 unspecified atom stereocenters. The lowest BCUT2D eigenvalue weighted by Gasteiger charge is -2.31. The van der Waals surface area contributed by atoms with E-state index in [-0.39, 0.29) is 0 Å². The van der Waals surface area contributed by atoms with Gasteiger partial charge in [-0.25, -0.2) is 0 Å². The highest BCUT2D eigenvalue weighted by molar-refractivity contribution is 5.79. The molecule has 1 rings (SSSR count). The number of carbonyl (C=O) groups is 1. The summed E-state index contributed by atoms with van der Waals surface area (Å²) in [5.74, 6) is 2.21. The van der Waals surface area contributed by atoms with Crippen molar-refractivity contribution in [1.29, 1.82) is 0 Å². The molecule has 0 bridgehead atoms. The van der Waals surface area contributed by atoms with Gasteiger partial charge in [-0.15, -0.1) is 6.58 Å². The Morgan fingerprint density at radius 3 is 2.75 bits per heavy atom. The summed E-state index contributed by atoms with van der Waals surface area (Å²) >= 11 is 0. The quantitative estimate of drug-likeness (QED) is 0.576. The van der Waals surface area contributed by atoms with Gasteiger partial charge < -0.3 is 0 Å². The van der Waals surface area contributed by atoms with Crippen LogP contribution in [0, 0.1) is 17.8 Å². The van der Waals surface area contributed by atoms with Gasteiger partial charge in [0, 0.05) is 12.8 Å². The van der Waals surface area contributed by atoms with Gasteiger partial charge in [0.2, 0.25) is 0 Å². The van der Waals surface area contributed by atoms with Crippen LogP contribution in [0.25, 0.3) is 0 Å². The molecule has 0 aromatic carbocycles. The van der Waals surface area contributed by atoms with Crippen LogP contribution in [0.5, 0.6) is 0 Å². The Hall–Kier alpha value is -0.590. The lowest BCUT2D eigenvalue weighted by molar-refractivity contribution is -0.122. The second kappa shape index (κ2) is 3.88. The number of hydrogen-bond donors (Lipinski definition) is 0. The molecule has 0 radical (unpaired) electrons. The average molecular weight is 166 g/mol. The predicted octanol–water partition coefficient (Wildman–Crippen LogP) is 2.81. The van der Waals surface area contributed by atoms with Gasteiger partial charge in [0.1, 0.15) is 5.78 Å². The largest absolute Gasteiger partial charge is 0.300 e. The SMILES string of the molecule is C=CC1CC(=O)CCC1C(C)C. The van der Waals surface area contributed by atoms with Crippen LogP contribution in [0.2, 0.25) is 0 Å². The van der Waals surface area contributed by atoms with E-state index in [0.29, 0.717) is 23.5 Å². The molecule has 1 saturated carbocycles. The smallest absolute Gasteiger partial charge is 0.133 e. The molecule has 1 heteroatoms. The molecule has 12 heavy (non-hydrogen) atoms. The van der Waals surface area contributed by atoms with Gasteiger partial charge in [-0.2, -0.15) is 0 Å². The summed E-state index contributed by atoms with van der Waals surface area (Å²) in [5.41, 5.74) is 0. The molecule has 0 amide bonds. The summed E-state index contributed by atoms with van der Waals surface area (Å²) in [6.07, 6.45) is 4.54. The second-order valence-corrected chi connectivity index (χ2v) is 4.09. The van der Waals surface area contributed by atoms with Crippen molar-refractivity contribution in [2.75, 3.05) is 0 Å². The van der Waals surface area contributed by atoms with Crippen LogP contribution in [0.3, 0.4) is 0 Å². The van der Waals surface area contributed by atoms with Gasteiger partial charge in [-0.3, -0.25) is 4.79 Å². The van der Waals surface area contributed by atoms with Gasteiger partial charge >= 0.3 is 0 Å². The third-order valence-electron chi connectivity index (χ3n) is 2.93. The molecular weight excluding hydrogens is 148 g/mol. The average Bonchev–Trinajstić information content (AvgIpc) is 2.03. The van der Waals surface area contributed by atoms with Crippen LogP contribution >= 0.6 is 0 Å². The Kier molecular flexibility index (Phi) is 3.07. The lowest BCUT2D eigenvalue weighted by Crippen LogP contribution is -2.27. The Labute approximate surface area is 74.9 Å². The molecule has 68 valence electrons. The van der Waals surface area contributed by atoms with Crippen LogP contribution in [-0.2, 0) is 4.79 Å². The zero-order chi connectivity index (χ0) is 9.14. The highest BCUT2D eigenvalue weighted by Crippen LogP contribution is 2.33. The van der Waals surface area contributed by atoms with Crippen molar-refractivity contribution in [3.63, 3.8) is 0 Å². The van der Waals surface area contributed by atoms with Crippen molar-refractivity contribution in [2.24, 2.45) is 17.8 Å². The minimum atomic E-state index is 0.414. The predicted molar refractivity (Wildman–Crippen MR) is 50.9 cm³/mol. The zero-order valence-electron chi connectivity index (χ0n) is 8.05. The Morgan fingerprint density at radius 1 is 1.58 bits per heavy atom. The highest BCUT2D eigenvalue weighted by atomic mass is 16.1. The molecule has 0 heterocycles. The Bertz CT molecular complexity index is 181. The van der Waals surface area contributed by atoms with Crippen molar-refractivity contribution < 1.29 is 4.79 Å². The van der Waals surface area contributed by atoms with E-state index in [0.717, 1.165) is 19.3 Å². The minimum absolute atomic E-state index is 0.414. The standard InChI is InChI=1S/C11H18O/c1-4-9-7-10(12)5-6-11(9)8(2)3/h4,8-9,11H,1,5-7H2,2-3H3. The van der Waals surface area contributed by atoms with E-state index in [1.807, 2.05) is 6.08 Å². The summed E-state index contributed by atoms with van der Waals surface area (Å²) < 4.78 is 0. The molecule has 0 aromatic rings. The summed E-state index contributed by atoms with van der Waals surface area (Å²) in [6.45, 7) is 8.27. The molecule has 0 spiro atoms. The van der Waals surface area contributed by atoms with Crippen LogP contribution in [-0.4, -0.2) is 5.78 Å². The van der Waals surface area contributed by atoms with Crippen molar-refractivity contribution in [3.05, 3.63) is 12.7 Å². The lowest BCUT2D eigenvalue weighted by atomic mass is 9.73. The number of ketones is 1. The third-order valence-corrected chi connectivity index (χ3v) is 2.93. The number of allylic oxidation sites excluding steroid dienone is 1. The molecule has 0 N–H and O–H groups in total. The first-order valence-electron chi connectivity index (χ1n) is 4.79. The van der Waals surface area contributed by atoms with E-state index in [1.165, 1.54) is 0 Å². The normalized spacial score (nSPS) is 30.8. The number of carbonyl (C=O) groups excluding carboxylic acids is 1. The molecule has 0 aliphatic heterocycles. The molecule has 0 aromatic heterocycles. The van der Waals surface area contributed by atoms with Crippen LogP contribution in [0.15, 0.2) is 12.7 Å². The van der Waals surface area contributed by atoms with Gasteiger partial charge in [0.25, 0.3) is 0 Å². The summed E-state index contributed by atoms with van der Waals surface area (Å²) in [5, 5.41) is 0. The van der Waals surface area contributed by atoms with Gasteiger partial charge in [0.05, 0.1) is 0 Å². The van der Waals surface area contributed by atoms with Gasteiger partial charge in [0.15, 0.2) is 0 Å². The van der Waals surface area contributed by atoms with E-state index >= 15 is 0 Å². The maximum absolute atomic E-state index is 11.2. The minimum Gasteiger partial charge on any atom is -0.300 e. The van der Waals surface area contributed by atoms with E-state index in [9.17, 15) is 4.79 Å². The number of rotatable bonds is 2. The summed E-state index contributed by atoms with van der Waals surface area (Å²) in [4.78, 5) is 11.2. The molecule has 1 fully saturated rings. The van der Waals surface area contributed by atoms with E-state index in [2.05, 4.69) is 20.4 Å². The van der Waals surface area contributed by atoms with Gasteiger partial charge in [-0.05, 0) is 24.2 Å². The molecule has 0 saturated heterocycles. The van der Waals surface area contributed by atoms with Crippen molar-refractivity contribution in [2.45, 2.75) is 33.1 Å². The van der Waals surface area contributed by atoms with Crippen molar-refractivity contribution in [1.82, 2.24) is 0 Å². The second-order valence-electron chi connectivity index (χ2n) is 4.09. The first-order chi connectivity index (χ1) is 5.65. The maximum Gasteiger partial charge on any atom is 0.133 e.